The molecule has 37 heavy (non-hydrogen) atoms. The number of benzene rings is 3. The highest BCUT2D eigenvalue weighted by Crippen LogP contribution is 2.45. The Kier molecular flexibility index (Phi) is 4.89. The summed E-state index contributed by atoms with van der Waals surface area (Å²) in [6, 6.07) is 20.4. The number of nitrogens with one attached hydrogen (secondary N) is 1. The summed E-state index contributed by atoms with van der Waals surface area (Å²) in [5.74, 6) is 1.88. The van der Waals surface area contributed by atoms with Crippen LogP contribution in [-0.2, 0) is 22.6 Å². The van der Waals surface area contributed by atoms with Crippen LogP contribution in [0, 0.1) is 0 Å². The Morgan fingerprint density at radius 1 is 1.00 bits per heavy atom. The number of H-pyrrole nitrogens is 1. The van der Waals surface area contributed by atoms with Crippen molar-refractivity contribution < 1.29 is 23.8 Å². The van der Waals surface area contributed by atoms with Gasteiger partial charge in [-0.25, -0.2) is 0 Å². The van der Waals surface area contributed by atoms with Gasteiger partial charge in [0, 0.05) is 35.1 Å². The summed E-state index contributed by atoms with van der Waals surface area (Å²) in [5.41, 5.74) is 4.74. The van der Waals surface area contributed by atoms with Gasteiger partial charge in [0.2, 0.25) is 18.6 Å². The van der Waals surface area contributed by atoms with Gasteiger partial charge in [0.15, 0.2) is 11.5 Å². The number of aromatic amines is 1. The first kappa shape index (κ1) is 21.8. The molecule has 7 rings (SSSR count). The highest BCUT2D eigenvalue weighted by Gasteiger charge is 2.48. The number of carbonyl (C=O) groups excluding carboxylic acids is 2. The summed E-state index contributed by atoms with van der Waals surface area (Å²) in [4.78, 5) is 34.8. The largest absolute Gasteiger partial charge is 0.496 e. The molecule has 8 heteroatoms. The number of amides is 2. The van der Waals surface area contributed by atoms with Crippen molar-refractivity contribution in [3.63, 3.8) is 0 Å². The van der Waals surface area contributed by atoms with Crippen LogP contribution in [0.4, 0.5) is 0 Å². The van der Waals surface area contributed by atoms with Crippen LogP contribution in [0.2, 0.25) is 0 Å². The molecule has 0 spiro atoms. The van der Waals surface area contributed by atoms with Crippen molar-refractivity contribution in [3.8, 4) is 17.2 Å². The molecule has 1 aromatic heterocycles. The molecule has 1 N–H and O–H groups in total. The second-order valence-corrected chi connectivity index (χ2v) is 9.61. The number of hydrogen-bond donors (Lipinski definition) is 1. The average Bonchev–Trinajstić information content (AvgIpc) is 3.54. The van der Waals surface area contributed by atoms with Crippen molar-refractivity contribution in [2.24, 2.45) is 0 Å². The van der Waals surface area contributed by atoms with E-state index in [2.05, 4.69) is 11.1 Å². The Labute approximate surface area is 213 Å². The Bertz CT molecular complexity index is 1560. The maximum Gasteiger partial charge on any atom is 0.246 e. The predicted molar refractivity (Wildman–Crippen MR) is 135 cm³/mol. The molecule has 3 aliphatic rings. The number of methoxy groups -OCH3 is 1. The number of rotatable bonds is 4. The molecule has 3 aliphatic heterocycles. The summed E-state index contributed by atoms with van der Waals surface area (Å²) in [7, 11) is 1.63. The number of nitrogens with zero attached hydrogens (tertiary/aromatic N) is 2. The van der Waals surface area contributed by atoms with E-state index in [1.54, 1.807) is 16.9 Å². The molecule has 1 saturated heterocycles. The number of piperazine rings is 1. The number of carbonyl (C=O) groups is 2. The summed E-state index contributed by atoms with van der Waals surface area (Å²) >= 11 is 0. The highest BCUT2D eigenvalue weighted by molar-refractivity contribution is 5.97. The minimum absolute atomic E-state index is 0.00495. The van der Waals surface area contributed by atoms with Gasteiger partial charge in [-0.1, -0.05) is 42.5 Å². The standard InChI is InChI=1S/C29H25N3O5/c1-35-23-9-5-3-7-19(23)28-27-20(18-6-2-4-8-21(18)30-27)13-22-29(34)31(15-26(33)32(22)28)14-17-10-11-24-25(12-17)37-16-36-24/h2-12,22,28,30H,13-16H2,1H3/t22-,28-/m0/s1. The monoisotopic (exact) mass is 495 g/mol. The molecule has 0 saturated carbocycles. The van der Waals surface area contributed by atoms with Gasteiger partial charge in [-0.3, -0.25) is 9.59 Å². The van der Waals surface area contributed by atoms with Gasteiger partial charge in [-0.15, -0.1) is 0 Å². The molecule has 3 aromatic carbocycles. The van der Waals surface area contributed by atoms with Crippen LogP contribution in [0.25, 0.3) is 10.9 Å². The lowest BCUT2D eigenvalue weighted by molar-refractivity contribution is -0.159. The topological polar surface area (TPSA) is 84.1 Å². The zero-order chi connectivity index (χ0) is 25.1. The lowest BCUT2D eigenvalue weighted by Crippen LogP contribution is -2.62. The Hall–Kier alpha value is -4.46. The molecule has 0 bridgehead atoms. The van der Waals surface area contributed by atoms with Crippen molar-refractivity contribution in [2.75, 3.05) is 20.4 Å². The Morgan fingerprint density at radius 2 is 1.81 bits per heavy atom. The molecule has 4 heterocycles. The fraction of sp³-hybridized carbons (Fsp3) is 0.241. The summed E-state index contributed by atoms with van der Waals surface area (Å²) in [5, 5.41) is 1.07. The van der Waals surface area contributed by atoms with Crippen molar-refractivity contribution in [1.29, 1.82) is 0 Å². The van der Waals surface area contributed by atoms with Gasteiger partial charge in [0.1, 0.15) is 24.4 Å². The minimum atomic E-state index is -0.614. The molecular formula is C29H25N3O5. The molecule has 0 unspecified atom stereocenters. The fourth-order valence-electron chi connectivity index (χ4n) is 5.93. The predicted octanol–water partition coefficient (Wildman–Crippen LogP) is 3.79. The minimum Gasteiger partial charge on any atom is -0.496 e. The fourth-order valence-corrected chi connectivity index (χ4v) is 5.93. The number of fused-ring (bicyclic) bond motifs is 5. The van der Waals surface area contributed by atoms with Gasteiger partial charge in [0.05, 0.1) is 7.11 Å². The van der Waals surface area contributed by atoms with Crippen LogP contribution < -0.4 is 14.2 Å². The summed E-state index contributed by atoms with van der Waals surface area (Å²) in [6.45, 7) is 0.519. The van der Waals surface area contributed by atoms with Crippen LogP contribution in [0.5, 0.6) is 17.2 Å². The zero-order valence-corrected chi connectivity index (χ0v) is 20.3. The van der Waals surface area contributed by atoms with Crippen LogP contribution in [-0.4, -0.2) is 53.1 Å². The molecular weight excluding hydrogens is 470 g/mol. The second-order valence-electron chi connectivity index (χ2n) is 9.61. The van der Waals surface area contributed by atoms with E-state index in [1.807, 2.05) is 60.7 Å². The first-order valence-electron chi connectivity index (χ1n) is 12.3. The second kappa shape index (κ2) is 8.30. The van der Waals surface area contributed by atoms with E-state index >= 15 is 0 Å². The maximum atomic E-state index is 14.0. The van der Waals surface area contributed by atoms with Crippen LogP contribution in [0.15, 0.2) is 66.7 Å². The van der Waals surface area contributed by atoms with Crippen LogP contribution in [0.1, 0.15) is 28.4 Å². The summed E-state index contributed by atoms with van der Waals surface area (Å²) < 4.78 is 16.6. The number of para-hydroxylation sites is 2. The van der Waals surface area contributed by atoms with E-state index in [1.165, 1.54) is 0 Å². The van der Waals surface area contributed by atoms with Crippen molar-refractivity contribution in [3.05, 3.63) is 89.1 Å². The molecule has 8 nitrogen and oxygen atoms in total. The third-order valence-electron chi connectivity index (χ3n) is 7.59. The molecule has 1 fully saturated rings. The molecule has 2 amide bonds. The Morgan fingerprint density at radius 3 is 2.70 bits per heavy atom. The van der Waals surface area contributed by atoms with Gasteiger partial charge in [0.25, 0.3) is 0 Å². The molecule has 186 valence electrons. The van der Waals surface area contributed by atoms with E-state index in [-0.39, 0.29) is 25.2 Å². The van der Waals surface area contributed by atoms with Crippen molar-refractivity contribution >= 4 is 22.7 Å². The first-order chi connectivity index (χ1) is 18.1. The average molecular weight is 496 g/mol. The van der Waals surface area contributed by atoms with Crippen LogP contribution >= 0.6 is 0 Å². The molecule has 4 aromatic rings. The van der Waals surface area contributed by atoms with E-state index < -0.39 is 12.1 Å². The maximum absolute atomic E-state index is 14.0. The van der Waals surface area contributed by atoms with Crippen LogP contribution in [0.3, 0.4) is 0 Å². The molecule has 0 aliphatic carbocycles. The number of hydrogen-bond acceptors (Lipinski definition) is 5. The van der Waals surface area contributed by atoms with Crippen molar-refractivity contribution in [2.45, 2.75) is 25.0 Å². The van der Waals surface area contributed by atoms with E-state index in [0.29, 0.717) is 30.2 Å². The molecule has 0 radical (unpaired) electrons. The zero-order valence-electron chi connectivity index (χ0n) is 20.3. The van der Waals surface area contributed by atoms with E-state index in [4.69, 9.17) is 14.2 Å². The normalized spacial score (nSPS) is 20.2. The third-order valence-corrected chi connectivity index (χ3v) is 7.59. The van der Waals surface area contributed by atoms with Gasteiger partial charge >= 0.3 is 0 Å². The lowest BCUT2D eigenvalue weighted by Gasteiger charge is -2.47. The Balaban J connectivity index is 1.31. The van der Waals surface area contributed by atoms with Gasteiger partial charge in [-0.2, -0.15) is 0 Å². The lowest BCUT2D eigenvalue weighted by atomic mass is 9.85. The SMILES string of the molecule is COc1ccccc1[C@H]1c2[nH]c3ccccc3c2C[C@H]2C(=O)N(Cc3ccc4c(c3)OCO4)CC(=O)N12. The smallest absolute Gasteiger partial charge is 0.246 e. The van der Waals surface area contributed by atoms with Gasteiger partial charge < -0.3 is 29.0 Å². The van der Waals surface area contributed by atoms with E-state index in [9.17, 15) is 9.59 Å². The first-order valence-corrected chi connectivity index (χ1v) is 12.3. The number of ether oxygens (including phenoxy) is 3. The highest BCUT2D eigenvalue weighted by atomic mass is 16.7. The van der Waals surface area contributed by atoms with Crippen molar-refractivity contribution in [1.82, 2.24) is 14.8 Å². The molecule has 2 atom stereocenters. The van der Waals surface area contributed by atoms with Gasteiger partial charge in [-0.05, 0) is 35.4 Å². The third kappa shape index (κ3) is 3.36. The quantitative estimate of drug-likeness (QED) is 0.466. The number of aromatic nitrogens is 1. The summed E-state index contributed by atoms with van der Waals surface area (Å²) in [6.07, 6.45) is 0.452. The van der Waals surface area contributed by atoms with E-state index in [0.717, 1.165) is 33.3 Å².